The molecule has 2 heterocycles. The van der Waals surface area contributed by atoms with Gasteiger partial charge in [-0.2, -0.15) is 0 Å². The Kier molecular flexibility index (Phi) is 2.25. The molecule has 72 valence electrons. The Balaban J connectivity index is 2.58. The topological polar surface area (TPSA) is 66.0 Å². The predicted molar refractivity (Wildman–Crippen MR) is 55.1 cm³/mol. The van der Waals surface area contributed by atoms with E-state index in [0.29, 0.717) is 4.60 Å². The Labute approximate surface area is 88.1 Å². The third-order valence-corrected chi connectivity index (χ3v) is 2.58. The molecule has 2 aromatic heterocycles. The van der Waals surface area contributed by atoms with E-state index in [9.17, 15) is 4.79 Å². The van der Waals surface area contributed by atoms with Crippen molar-refractivity contribution in [1.29, 1.82) is 0 Å². The highest BCUT2D eigenvalue weighted by atomic mass is 79.9. The van der Waals surface area contributed by atoms with Crippen molar-refractivity contribution in [3.8, 4) is 0 Å². The standard InChI is InChI=1S/C9H7BrN2O2/c10-9-8-6(1-2-11-9)5(4-12-8)3-7(13)14/h1-2,4,12H,3H2,(H,13,14). The molecule has 0 aliphatic carbocycles. The lowest BCUT2D eigenvalue weighted by atomic mass is 10.1. The quantitative estimate of drug-likeness (QED) is 0.806. The van der Waals surface area contributed by atoms with Crippen LogP contribution in [0.4, 0.5) is 0 Å². The van der Waals surface area contributed by atoms with Gasteiger partial charge >= 0.3 is 5.97 Å². The summed E-state index contributed by atoms with van der Waals surface area (Å²) in [6.07, 6.45) is 3.37. The van der Waals surface area contributed by atoms with Gasteiger partial charge in [-0.25, -0.2) is 4.98 Å². The van der Waals surface area contributed by atoms with E-state index in [1.165, 1.54) is 0 Å². The highest BCUT2D eigenvalue weighted by molar-refractivity contribution is 9.10. The molecular formula is C9H7BrN2O2. The minimum atomic E-state index is -0.834. The smallest absolute Gasteiger partial charge is 0.307 e. The molecule has 0 bridgehead atoms. The summed E-state index contributed by atoms with van der Waals surface area (Å²) in [5.74, 6) is -0.834. The van der Waals surface area contributed by atoms with Crippen LogP contribution < -0.4 is 0 Å². The van der Waals surface area contributed by atoms with Crippen molar-refractivity contribution in [2.45, 2.75) is 6.42 Å². The van der Waals surface area contributed by atoms with Crippen LogP contribution in [-0.4, -0.2) is 21.0 Å². The molecule has 0 radical (unpaired) electrons. The van der Waals surface area contributed by atoms with Gasteiger partial charge in [-0.1, -0.05) is 0 Å². The second-order valence-electron chi connectivity index (χ2n) is 2.91. The fourth-order valence-electron chi connectivity index (χ4n) is 1.39. The van der Waals surface area contributed by atoms with E-state index in [1.807, 2.05) is 0 Å². The zero-order chi connectivity index (χ0) is 10.1. The van der Waals surface area contributed by atoms with Crippen molar-refractivity contribution in [3.63, 3.8) is 0 Å². The van der Waals surface area contributed by atoms with Crippen LogP contribution in [-0.2, 0) is 11.2 Å². The van der Waals surface area contributed by atoms with Crippen LogP contribution in [0.1, 0.15) is 5.56 Å². The van der Waals surface area contributed by atoms with Crippen molar-refractivity contribution in [2.75, 3.05) is 0 Å². The Hall–Kier alpha value is -1.36. The van der Waals surface area contributed by atoms with E-state index in [2.05, 4.69) is 25.9 Å². The summed E-state index contributed by atoms with van der Waals surface area (Å²) < 4.78 is 0.701. The summed E-state index contributed by atoms with van der Waals surface area (Å²) in [7, 11) is 0. The van der Waals surface area contributed by atoms with Crippen molar-refractivity contribution in [3.05, 3.63) is 28.6 Å². The molecule has 0 saturated heterocycles. The molecule has 2 aromatic rings. The predicted octanol–water partition coefficient (Wildman–Crippen LogP) is 1.95. The van der Waals surface area contributed by atoms with Crippen LogP contribution in [0.2, 0.25) is 0 Å². The van der Waals surface area contributed by atoms with Gasteiger partial charge in [0.15, 0.2) is 0 Å². The average molecular weight is 255 g/mol. The zero-order valence-corrected chi connectivity index (χ0v) is 8.71. The van der Waals surface area contributed by atoms with Crippen molar-refractivity contribution >= 4 is 32.8 Å². The maximum atomic E-state index is 10.6. The van der Waals surface area contributed by atoms with E-state index >= 15 is 0 Å². The molecule has 0 spiro atoms. The first-order valence-electron chi connectivity index (χ1n) is 4.00. The summed E-state index contributed by atoms with van der Waals surface area (Å²) in [6, 6.07) is 1.80. The number of aromatic amines is 1. The lowest BCUT2D eigenvalue weighted by Gasteiger charge is -1.94. The number of fused-ring (bicyclic) bond motifs is 1. The van der Waals surface area contributed by atoms with Crippen LogP contribution in [0.5, 0.6) is 0 Å². The van der Waals surface area contributed by atoms with Gasteiger partial charge in [-0.3, -0.25) is 4.79 Å². The zero-order valence-electron chi connectivity index (χ0n) is 7.12. The van der Waals surface area contributed by atoms with Crippen LogP contribution in [0.25, 0.3) is 10.9 Å². The van der Waals surface area contributed by atoms with Gasteiger partial charge in [0.25, 0.3) is 0 Å². The molecule has 0 saturated carbocycles. The monoisotopic (exact) mass is 254 g/mol. The Morgan fingerprint density at radius 3 is 3.14 bits per heavy atom. The number of H-pyrrole nitrogens is 1. The minimum absolute atomic E-state index is 0.0243. The maximum Gasteiger partial charge on any atom is 0.307 e. The maximum absolute atomic E-state index is 10.6. The van der Waals surface area contributed by atoms with Crippen LogP contribution in [0, 0.1) is 0 Å². The van der Waals surface area contributed by atoms with Crippen LogP contribution >= 0.6 is 15.9 Å². The number of aliphatic carboxylic acids is 1. The largest absolute Gasteiger partial charge is 0.481 e. The molecule has 4 nitrogen and oxygen atoms in total. The molecule has 0 aliphatic heterocycles. The highest BCUT2D eigenvalue weighted by Gasteiger charge is 2.09. The normalized spacial score (nSPS) is 10.6. The molecule has 0 atom stereocenters. The molecule has 5 heteroatoms. The number of halogens is 1. The van der Waals surface area contributed by atoms with E-state index in [0.717, 1.165) is 16.5 Å². The first-order chi connectivity index (χ1) is 6.68. The van der Waals surface area contributed by atoms with Crippen LogP contribution in [0.3, 0.4) is 0 Å². The lowest BCUT2D eigenvalue weighted by Crippen LogP contribution is -1.98. The van der Waals surface area contributed by atoms with Gasteiger partial charge in [0.1, 0.15) is 4.60 Å². The first kappa shape index (κ1) is 9.21. The van der Waals surface area contributed by atoms with Crippen LogP contribution in [0.15, 0.2) is 23.1 Å². The number of rotatable bonds is 2. The Morgan fingerprint density at radius 2 is 2.43 bits per heavy atom. The van der Waals surface area contributed by atoms with E-state index in [-0.39, 0.29) is 6.42 Å². The summed E-state index contributed by atoms with van der Waals surface area (Å²) >= 11 is 3.29. The van der Waals surface area contributed by atoms with Crippen molar-refractivity contribution in [1.82, 2.24) is 9.97 Å². The second-order valence-corrected chi connectivity index (χ2v) is 3.66. The second kappa shape index (κ2) is 3.42. The molecule has 0 unspecified atom stereocenters. The number of nitrogens with zero attached hydrogens (tertiary/aromatic N) is 1. The molecule has 14 heavy (non-hydrogen) atoms. The third-order valence-electron chi connectivity index (χ3n) is 1.98. The molecule has 0 amide bonds. The highest BCUT2D eigenvalue weighted by Crippen LogP contribution is 2.23. The Bertz CT molecular complexity index is 493. The average Bonchev–Trinajstić information content (AvgIpc) is 2.49. The fourth-order valence-corrected chi connectivity index (χ4v) is 1.83. The summed E-state index contributed by atoms with van der Waals surface area (Å²) in [6.45, 7) is 0. The molecule has 0 fully saturated rings. The van der Waals surface area contributed by atoms with Gasteiger partial charge in [0, 0.05) is 17.8 Å². The molecular weight excluding hydrogens is 248 g/mol. The lowest BCUT2D eigenvalue weighted by molar-refractivity contribution is -0.136. The van der Waals surface area contributed by atoms with Crippen molar-refractivity contribution in [2.24, 2.45) is 0 Å². The molecule has 0 aromatic carbocycles. The minimum Gasteiger partial charge on any atom is -0.481 e. The third kappa shape index (κ3) is 1.50. The van der Waals surface area contributed by atoms with Gasteiger partial charge in [0.2, 0.25) is 0 Å². The summed E-state index contributed by atoms with van der Waals surface area (Å²) in [5, 5.41) is 9.57. The number of hydrogen-bond acceptors (Lipinski definition) is 2. The van der Waals surface area contributed by atoms with E-state index < -0.39 is 5.97 Å². The number of nitrogens with one attached hydrogen (secondary N) is 1. The summed E-state index contributed by atoms with van der Waals surface area (Å²) in [4.78, 5) is 17.6. The van der Waals surface area contributed by atoms with Gasteiger partial charge in [-0.15, -0.1) is 0 Å². The molecule has 2 N–H and O–H groups in total. The SMILES string of the molecule is O=C(O)Cc1c[nH]c2c(Br)nccc12. The number of carboxylic acids is 1. The van der Waals surface area contributed by atoms with Gasteiger partial charge in [-0.05, 0) is 27.6 Å². The number of pyridine rings is 1. The summed E-state index contributed by atoms with van der Waals surface area (Å²) in [5.41, 5.74) is 1.61. The van der Waals surface area contributed by atoms with Gasteiger partial charge in [0.05, 0.1) is 11.9 Å². The number of carbonyl (C=O) groups is 1. The van der Waals surface area contributed by atoms with E-state index in [1.54, 1.807) is 18.5 Å². The molecule has 0 aliphatic rings. The fraction of sp³-hybridized carbons (Fsp3) is 0.111. The number of carboxylic acid groups (broad SMARTS) is 1. The van der Waals surface area contributed by atoms with Crippen molar-refractivity contribution < 1.29 is 9.90 Å². The molecule has 2 rings (SSSR count). The number of aromatic nitrogens is 2. The number of hydrogen-bond donors (Lipinski definition) is 2. The Morgan fingerprint density at radius 1 is 1.64 bits per heavy atom. The van der Waals surface area contributed by atoms with Gasteiger partial charge < -0.3 is 10.1 Å². The first-order valence-corrected chi connectivity index (χ1v) is 4.80. The van der Waals surface area contributed by atoms with E-state index in [4.69, 9.17) is 5.11 Å².